The van der Waals surface area contributed by atoms with Crippen LogP contribution in [0.5, 0.6) is 0 Å². The molecule has 7 nitrogen and oxygen atoms in total. The lowest BCUT2D eigenvalue weighted by atomic mass is 10.0. The van der Waals surface area contributed by atoms with E-state index in [1.165, 1.54) is 11.3 Å². The highest BCUT2D eigenvalue weighted by molar-refractivity contribution is 7.09. The van der Waals surface area contributed by atoms with E-state index in [4.69, 9.17) is 0 Å². The molecule has 134 valence electrons. The van der Waals surface area contributed by atoms with E-state index in [-0.39, 0.29) is 23.5 Å². The van der Waals surface area contributed by atoms with Crippen LogP contribution >= 0.6 is 11.3 Å². The Balaban J connectivity index is 1.67. The molecule has 1 fully saturated rings. The summed E-state index contributed by atoms with van der Waals surface area (Å²) in [7, 11) is 0. The first-order chi connectivity index (χ1) is 11.9. The number of hydrogen-bond donors (Lipinski definition) is 0. The average Bonchev–Trinajstić information content (AvgIpc) is 3.03. The molecule has 25 heavy (non-hydrogen) atoms. The fraction of sp³-hybridized carbons (Fsp3) is 0.562. The first-order valence-electron chi connectivity index (χ1n) is 8.18. The Morgan fingerprint density at radius 3 is 2.52 bits per heavy atom. The largest absolute Gasteiger partial charge is 0.337 e. The summed E-state index contributed by atoms with van der Waals surface area (Å²) in [5, 5.41) is 2.61. The van der Waals surface area contributed by atoms with Gasteiger partial charge in [-0.1, -0.05) is 13.8 Å². The van der Waals surface area contributed by atoms with Crippen molar-refractivity contribution in [3.63, 3.8) is 0 Å². The molecule has 1 atom stereocenters. The smallest absolute Gasteiger partial charge is 0.289 e. The SMILES string of the molecule is Cc1nc(C(=O)N2CCN(C3=NC(=O)C(F)C(C(C)C)=N3)CC2)cs1. The maximum absolute atomic E-state index is 13.9. The van der Waals surface area contributed by atoms with Crippen LogP contribution in [0.1, 0.15) is 29.3 Å². The van der Waals surface area contributed by atoms with Crippen molar-refractivity contribution in [3.05, 3.63) is 16.1 Å². The summed E-state index contributed by atoms with van der Waals surface area (Å²) in [4.78, 5) is 40.0. The number of aryl methyl sites for hydroxylation is 1. The van der Waals surface area contributed by atoms with Crippen LogP contribution in [0.2, 0.25) is 0 Å². The van der Waals surface area contributed by atoms with Crippen LogP contribution in [-0.2, 0) is 4.79 Å². The minimum Gasteiger partial charge on any atom is -0.337 e. The van der Waals surface area contributed by atoms with Gasteiger partial charge in [0.15, 0.2) is 0 Å². The molecule has 9 heteroatoms. The van der Waals surface area contributed by atoms with Gasteiger partial charge in [0.1, 0.15) is 5.69 Å². The number of piperazine rings is 1. The van der Waals surface area contributed by atoms with E-state index in [0.29, 0.717) is 31.9 Å². The van der Waals surface area contributed by atoms with Crippen molar-refractivity contribution >= 4 is 34.8 Å². The maximum Gasteiger partial charge on any atom is 0.289 e. The van der Waals surface area contributed by atoms with Gasteiger partial charge < -0.3 is 9.80 Å². The van der Waals surface area contributed by atoms with E-state index in [1.807, 2.05) is 11.8 Å². The minimum absolute atomic E-state index is 0.0964. The predicted octanol–water partition coefficient (Wildman–Crippen LogP) is 1.54. The number of guanidine groups is 1. The number of thiazole rings is 1. The summed E-state index contributed by atoms with van der Waals surface area (Å²) >= 11 is 1.44. The molecule has 0 saturated carbocycles. The molecule has 1 aromatic rings. The van der Waals surface area contributed by atoms with E-state index >= 15 is 0 Å². The van der Waals surface area contributed by atoms with Crippen molar-refractivity contribution in [1.82, 2.24) is 14.8 Å². The molecule has 0 aromatic carbocycles. The molecule has 2 aliphatic rings. The molecular weight excluding hydrogens is 345 g/mol. The van der Waals surface area contributed by atoms with Crippen molar-refractivity contribution in [2.45, 2.75) is 26.9 Å². The standard InChI is InChI=1S/C16H20FN5O2S/c1-9(2)13-12(17)14(23)20-16(19-13)22-6-4-21(5-7-22)15(24)11-8-25-10(3)18-11/h8-9,12H,4-7H2,1-3H3. The van der Waals surface area contributed by atoms with Crippen LogP contribution < -0.4 is 0 Å². The third kappa shape index (κ3) is 3.60. The molecule has 1 saturated heterocycles. The van der Waals surface area contributed by atoms with Gasteiger partial charge in [0.05, 0.1) is 10.7 Å². The normalized spacial score (nSPS) is 21.5. The summed E-state index contributed by atoms with van der Waals surface area (Å²) in [5.41, 5.74) is 0.674. The second kappa shape index (κ2) is 6.99. The zero-order chi connectivity index (χ0) is 18.1. The first-order valence-corrected chi connectivity index (χ1v) is 9.06. The summed E-state index contributed by atoms with van der Waals surface area (Å²) < 4.78 is 13.9. The highest BCUT2D eigenvalue weighted by atomic mass is 32.1. The molecule has 0 spiro atoms. The van der Waals surface area contributed by atoms with E-state index in [1.54, 1.807) is 24.1 Å². The molecule has 3 rings (SSSR count). The van der Waals surface area contributed by atoms with Gasteiger partial charge in [-0.15, -0.1) is 11.3 Å². The number of hydrogen-bond acceptors (Lipinski definition) is 6. The van der Waals surface area contributed by atoms with E-state index in [0.717, 1.165) is 5.01 Å². The Labute approximate surface area is 149 Å². The highest BCUT2D eigenvalue weighted by Crippen LogP contribution is 2.17. The number of aliphatic imine (C=N–C) groups is 2. The van der Waals surface area contributed by atoms with Crippen LogP contribution in [-0.4, -0.2) is 70.6 Å². The maximum atomic E-state index is 13.9. The molecule has 0 radical (unpaired) electrons. The fourth-order valence-electron chi connectivity index (χ4n) is 2.78. The van der Waals surface area contributed by atoms with E-state index in [9.17, 15) is 14.0 Å². The predicted molar refractivity (Wildman–Crippen MR) is 93.9 cm³/mol. The average molecular weight is 365 g/mol. The van der Waals surface area contributed by atoms with Crippen molar-refractivity contribution in [1.29, 1.82) is 0 Å². The highest BCUT2D eigenvalue weighted by Gasteiger charge is 2.33. The number of aromatic nitrogens is 1. The Hall–Kier alpha value is -2.16. The monoisotopic (exact) mass is 365 g/mol. The summed E-state index contributed by atoms with van der Waals surface area (Å²) in [5.74, 6) is -0.814. The van der Waals surface area contributed by atoms with Crippen LogP contribution in [0, 0.1) is 12.8 Å². The number of carbonyl (C=O) groups excluding carboxylic acids is 2. The van der Waals surface area contributed by atoms with Gasteiger partial charge in [0.2, 0.25) is 12.1 Å². The Bertz CT molecular complexity index is 749. The molecular formula is C16H20FN5O2S. The third-order valence-corrected chi connectivity index (χ3v) is 4.97. The minimum atomic E-state index is -1.75. The van der Waals surface area contributed by atoms with Gasteiger partial charge in [-0.05, 0) is 12.8 Å². The number of amides is 2. The lowest BCUT2D eigenvalue weighted by Gasteiger charge is -2.35. The van der Waals surface area contributed by atoms with Crippen LogP contribution in [0.3, 0.4) is 0 Å². The van der Waals surface area contributed by atoms with Gasteiger partial charge in [0, 0.05) is 31.6 Å². The first kappa shape index (κ1) is 17.7. The fourth-order valence-corrected chi connectivity index (χ4v) is 3.36. The lowest BCUT2D eigenvalue weighted by Crippen LogP contribution is -2.51. The molecule has 1 aromatic heterocycles. The van der Waals surface area contributed by atoms with Gasteiger partial charge in [0.25, 0.3) is 11.8 Å². The molecule has 2 aliphatic heterocycles. The molecule has 0 bridgehead atoms. The number of carbonyl (C=O) groups is 2. The molecule has 2 amide bonds. The molecule has 0 aliphatic carbocycles. The summed E-state index contributed by atoms with van der Waals surface area (Å²) in [6.45, 7) is 7.41. The van der Waals surface area contributed by atoms with Gasteiger partial charge >= 0.3 is 0 Å². The number of halogens is 1. The summed E-state index contributed by atoms with van der Waals surface area (Å²) in [6.07, 6.45) is -1.75. The van der Waals surface area contributed by atoms with Gasteiger partial charge in [-0.2, -0.15) is 4.99 Å². The lowest BCUT2D eigenvalue weighted by molar-refractivity contribution is -0.120. The number of alkyl halides is 1. The second-order valence-corrected chi connectivity index (χ2v) is 7.40. The third-order valence-electron chi connectivity index (χ3n) is 4.20. The number of rotatable bonds is 2. The van der Waals surface area contributed by atoms with Crippen molar-refractivity contribution in [3.8, 4) is 0 Å². The van der Waals surface area contributed by atoms with E-state index in [2.05, 4.69) is 15.0 Å². The zero-order valence-electron chi connectivity index (χ0n) is 14.4. The van der Waals surface area contributed by atoms with Crippen LogP contribution in [0.4, 0.5) is 4.39 Å². The van der Waals surface area contributed by atoms with Crippen molar-refractivity contribution in [2.75, 3.05) is 26.2 Å². The Morgan fingerprint density at radius 1 is 1.28 bits per heavy atom. The van der Waals surface area contributed by atoms with Crippen LogP contribution in [0.15, 0.2) is 15.4 Å². The summed E-state index contributed by atoms with van der Waals surface area (Å²) in [6, 6.07) is 0. The molecule has 0 N–H and O–H groups in total. The van der Waals surface area contributed by atoms with Crippen molar-refractivity contribution in [2.24, 2.45) is 15.9 Å². The van der Waals surface area contributed by atoms with Gasteiger partial charge in [-0.25, -0.2) is 14.4 Å². The molecule has 3 heterocycles. The number of nitrogens with zero attached hydrogens (tertiary/aromatic N) is 5. The Kier molecular flexibility index (Phi) is 4.94. The molecule has 1 unspecified atom stereocenters. The quantitative estimate of drug-likeness (QED) is 0.796. The van der Waals surface area contributed by atoms with Crippen LogP contribution in [0.25, 0.3) is 0 Å². The van der Waals surface area contributed by atoms with Crippen molar-refractivity contribution < 1.29 is 14.0 Å². The van der Waals surface area contributed by atoms with Gasteiger partial charge in [-0.3, -0.25) is 9.59 Å². The topological polar surface area (TPSA) is 78.2 Å². The Morgan fingerprint density at radius 2 is 1.96 bits per heavy atom. The second-order valence-electron chi connectivity index (χ2n) is 6.33. The van der Waals surface area contributed by atoms with E-state index < -0.39 is 12.1 Å². The zero-order valence-corrected chi connectivity index (χ0v) is 15.2.